The molecule has 140 valence electrons. The van der Waals surface area contributed by atoms with Gasteiger partial charge in [-0.05, 0) is 25.0 Å². The van der Waals surface area contributed by atoms with E-state index in [2.05, 4.69) is 15.5 Å². The quantitative estimate of drug-likeness (QED) is 0.830. The van der Waals surface area contributed by atoms with Crippen molar-refractivity contribution >= 4 is 23.4 Å². The highest BCUT2D eigenvalue weighted by Gasteiger charge is 2.29. The Kier molecular flexibility index (Phi) is 6.22. The predicted octanol–water partition coefficient (Wildman–Crippen LogP) is 0.686. The van der Waals surface area contributed by atoms with E-state index in [0.29, 0.717) is 45.6 Å². The van der Waals surface area contributed by atoms with Gasteiger partial charge in [-0.25, -0.2) is 0 Å². The summed E-state index contributed by atoms with van der Waals surface area (Å²) in [5, 5.41) is 5.67. The predicted molar refractivity (Wildman–Crippen MR) is 98.4 cm³/mol. The molecule has 0 spiro atoms. The van der Waals surface area contributed by atoms with Gasteiger partial charge in [0, 0.05) is 44.8 Å². The SMILES string of the molecule is O=C1CCC(C(=O)N2CCCN(CC(=O)Nc3ccccc3)CC2)CN1. The van der Waals surface area contributed by atoms with E-state index in [1.807, 2.05) is 35.2 Å². The number of benzene rings is 1. The molecule has 7 heteroatoms. The number of amides is 3. The van der Waals surface area contributed by atoms with Gasteiger partial charge in [0.25, 0.3) is 0 Å². The second kappa shape index (κ2) is 8.80. The van der Waals surface area contributed by atoms with Crippen molar-refractivity contribution in [3.63, 3.8) is 0 Å². The summed E-state index contributed by atoms with van der Waals surface area (Å²) in [6, 6.07) is 9.42. The first kappa shape index (κ1) is 18.4. The second-order valence-corrected chi connectivity index (χ2v) is 6.91. The lowest BCUT2D eigenvalue weighted by Crippen LogP contribution is -2.46. The molecule has 1 unspecified atom stereocenters. The molecule has 3 rings (SSSR count). The van der Waals surface area contributed by atoms with Crippen LogP contribution in [0.15, 0.2) is 30.3 Å². The minimum Gasteiger partial charge on any atom is -0.355 e. The molecule has 0 bridgehead atoms. The summed E-state index contributed by atoms with van der Waals surface area (Å²) in [5.74, 6) is 0.00713. The lowest BCUT2D eigenvalue weighted by molar-refractivity contribution is -0.137. The third-order valence-corrected chi connectivity index (χ3v) is 4.94. The fraction of sp³-hybridized carbons (Fsp3) is 0.526. The molecule has 2 fully saturated rings. The Morgan fingerprint density at radius 2 is 1.92 bits per heavy atom. The molecule has 2 N–H and O–H groups in total. The van der Waals surface area contributed by atoms with Gasteiger partial charge in [-0.3, -0.25) is 19.3 Å². The molecule has 7 nitrogen and oxygen atoms in total. The minimum absolute atomic E-state index is 0.0283. The van der Waals surface area contributed by atoms with Crippen LogP contribution in [-0.4, -0.2) is 66.8 Å². The zero-order valence-electron chi connectivity index (χ0n) is 14.9. The number of anilines is 1. The fourth-order valence-corrected chi connectivity index (χ4v) is 3.48. The summed E-state index contributed by atoms with van der Waals surface area (Å²) in [6.45, 7) is 3.59. The first-order chi connectivity index (χ1) is 12.6. The van der Waals surface area contributed by atoms with E-state index >= 15 is 0 Å². The molecule has 2 aliphatic heterocycles. The molecule has 1 atom stereocenters. The highest BCUT2D eigenvalue weighted by molar-refractivity contribution is 5.92. The Balaban J connectivity index is 1.46. The molecule has 2 heterocycles. The van der Waals surface area contributed by atoms with Crippen LogP contribution < -0.4 is 10.6 Å². The molecule has 1 aromatic rings. The van der Waals surface area contributed by atoms with Crippen molar-refractivity contribution in [3.05, 3.63) is 30.3 Å². The minimum atomic E-state index is -0.111. The Labute approximate surface area is 153 Å². The van der Waals surface area contributed by atoms with Crippen LogP contribution in [-0.2, 0) is 14.4 Å². The van der Waals surface area contributed by atoms with Crippen molar-refractivity contribution < 1.29 is 14.4 Å². The molecule has 0 aliphatic carbocycles. The summed E-state index contributed by atoms with van der Waals surface area (Å²) in [4.78, 5) is 40.1. The normalized spacial score (nSPS) is 21.6. The number of piperidine rings is 1. The van der Waals surface area contributed by atoms with E-state index in [1.165, 1.54) is 0 Å². The number of hydrogen-bond donors (Lipinski definition) is 2. The summed E-state index contributed by atoms with van der Waals surface area (Å²) in [7, 11) is 0. The van der Waals surface area contributed by atoms with E-state index in [0.717, 1.165) is 18.7 Å². The molecule has 0 aromatic heterocycles. The van der Waals surface area contributed by atoms with Crippen LogP contribution in [0.25, 0.3) is 0 Å². The maximum Gasteiger partial charge on any atom is 0.238 e. The van der Waals surface area contributed by atoms with Crippen LogP contribution in [0.2, 0.25) is 0 Å². The highest BCUT2D eigenvalue weighted by atomic mass is 16.2. The van der Waals surface area contributed by atoms with E-state index in [-0.39, 0.29) is 23.6 Å². The zero-order chi connectivity index (χ0) is 18.4. The van der Waals surface area contributed by atoms with Gasteiger partial charge >= 0.3 is 0 Å². The summed E-state index contributed by atoms with van der Waals surface area (Å²) < 4.78 is 0. The zero-order valence-corrected chi connectivity index (χ0v) is 14.9. The van der Waals surface area contributed by atoms with Gasteiger partial charge in [0.2, 0.25) is 17.7 Å². The Hall–Kier alpha value is -2.41. The van der Waals surface area contributed by atoms with Gasteiger partial charge in [-0.1, -0.05) is 18.2 Å². The number of carbonyl (C=O) groups is 3. The van der Waals surface area contributed by atoms with Crippen molar-refractivity contribution in [2.75, 3.05) is 44.6 Å². The van der Waals surface area contributed by atoms with Crippen LogP contribution in [0, 0.1) is 5.92 Å². The Morgan fingerprint density at radius 3 is 2.65 bits per heavy atom. The number of nitrogens with zero attached hydrogens (tertiary/aromatic N) is 2. The molecular weight excluding hydrogens is 332 g/mol. The number of para-hydroxylation sites is 1. The van der Waals surface area contributed by atoms with Gasteiger partial charge < -0.3 is 15.5 Å². The number of nitrogens with one attached hydrogen (secondary N) is 2. The maximum absolute atomic E-state index is 12.7. The van der Waals surface area contributed by atoms with E-state index < -0.39 is 0 Å². The van der Waals surface area contributed by atoms with Gasteiger partial charge in [0.1, 0.15) is 0 Å². The lowest BCUT2D eigenvalue weighted by atomic mass is 9.97. The van der Waals surface area contributed by atoms with Gasteiger partial charge in [-0.15, -0.1) is 0 Å². The van der Waals surface area contributed by atoms with Gasteiger partial charge in [-0.2, -0.15) is 0 Å². The first-order valence-corrected chi connectivity index (χ1v) is 9.24. The monoisotopic (exact) mass is 358 g/mol. The van der Waals surface area contributed by atoms with Crippen LogP contribution in [0.5, 0.6) is 0 Å². The summed E-state index contributed by atoms with van der Waals surface area (Å²) in [6.07, 6.45) is 1.91. The number of hydrogen-bond acceptors (Lipinski definition) is 4. The smallest absolute Gasteiger partial charge is 0.238 e. The number of carbonyl (C=O) groups excluding carboxylic acids is 3. The van der Waals surface area contributed by atoms with Gasteiger partial charge in [0.15, 0.2) is 0 Å². The molecule has 0 saturated carbocycles. The standard InChI is InChI=1S/C19H26N4O3/c24-17-8-7-15(13-20-17)19(26)23-10-4-9-22(11-12-23)14-18(25)21-16-5-2-1-3-6-16/h1-3,5-6,15H,4,7-14H2,(H,20,24)(H,21,25). The molecule has 2 saturated heterocycles. The van der Waals surface area contributed by atoms with Crippen molar-refractivity contribution in [2.24, 2.45) is 5.92 Å². The second-order valence-electron chi connectivity index (χ2n) is 6.91. The molecular formula is C19H26N4O3. The molecule has 26 heavy (non-hydrogen) atoms. The number of rotatable bonds is 4. The fourth-order valence-electron chi connectivity index (χ4n) is 3.48. The van der Waals surface area contributed by atoms with Gasteiger partial charge in [0.05, 0.1) is 12.5 Å². The average Bonchev–Trinajstić information content (AvgIpc) is 2.88. The van der Waals surface area contributed by atoms with Crippen molar-refractivity contribution in [1.29, 1.82) is 0 Å². The molecule has 1 aromatic carbocycles. The third kappa shape index (κ3) is 5.05. The molecule has 2 aliphatic rings. The Morgan fingerprint density at radius 1 is 1.12 bits per heavy atom. The van der Waals surface area contributed by atoms with Crippen molar-refractivity contribution in [1.82, 2.24) is 15.1 Å². The van der Waals surface area contributed by atoms with Crippen LogP contribution in [0.3, 0.4) is 0 Å². The van der Waals surface area contributed by atoms with Crippen molar-refractivity contribution in [3.8, 4) is 0 Å². The summed E-state index contributed by atoms with van der Waals surface area (Å²) in [5.41, 5.74) is 0.795. The maximum atomic E-state index is 12.7. The topological polar surface area (TPSA) is 81.8 Å². The highest BCUT2D eigenvalue weighted by Crippen LogP contribution is 2.16. The van der Waals surface area contributed by atoms with Crippen LogP contribution >= 0.6 is 0 Å². The van der Waals surface area contributed by atoms with E-state index in [9.17, 15) is 14.4 Å². The van der Waals surface area contributed by atoms with E-state index in [1.54, 1.807) is 0 Å². The van der Waals surface area contributed by atoms with Crippen molar-refractivity contribution in [2.45, 2.75) is 19.3 Å². The van der Waals surface area contributed by atoms with E-state index in [4.69, 9.17) is 0 Å². The third-order valence-electron chi connectivity index (χ3n) is 4.94. The van der Waals surface area contributed by atoms with Crippen LogP contribution in [0.1, 0.15) is 19.3 Å². The average molecular weight is 358 g/mol. The Bertz CT molecular complexity index is 639. The molecule has 3 amide bonds. The first-order valence-electron chi connectivity index (χ1n) is 9.24. The molecule has 0 radical (unpaired) electrons. The lowest BCUT2D eigenvalue weighted by Gasteiger charge is -2.28. The summed E-state index contributed by atoms with van der Waals surface area (Å²) >= 11 is 0. The van der Waals surface area contributed by atoms with Crippen LogP contribution in [0.4, 0.5) is 5.69 Å². The largest absolute Gasteiger partial charge is 0.355 e.